The van der Waals surface area contributed by atoms with Crippen LogP contribution >= 0.6 is 11.6 Å². The quantitative estimate of drug-likeness (QED) is 0.738. The highest BCUT2D eigenvalue weighted by molar-refractivity contribution is 6.33. The monoisotopic (exact) mass is 379 g/mol. The topological polar surface area (TPSA) is 68.5 Å². The molecule has 0 unspecified atom stereocenters. The maximum Gasteiger partial charge on any atom is 0.258 e. The average Bonchev–Trinajstić information content (AvgIpc) is 3.46. The van der Waals surface area contributed by atoms with Crippen molar-refractivity contribution in [2.45, 2.75) is 25.4 Å². The van der Waals surface area contributed by atoms with E-state index in [4.69, 9.17) is 27.1 Å². The number of halogens is 1. The van der Waals surface area contributed by atoms with E-state index in [9.17, 15) is 4.79 Å². The smallest absolute Gasteiger partial charge is 0.258 e. The lowest BCUT2D eigenvalue weighted by Crippen LogP contribution is -2.26. The van der Waals surface area contributed by atoms with Crippen molar-refractivity contribution >= 4 is 34.1 Å². The SMILES string of the molecule is COc1ccc(Cl)c(-c2cccc3c(N)c4c(nc23)CN(C2CC2)C4=O)c1. The number of fused-ring (bicyclic) bond motifs is 2. The summed E-state index contributed by atoms with van der Waals surface area (Å²) in [6, 6.07) is 11.6. The summed E-state index contributed by atoms with van der Waals surface area (Å²) in [7, 11) is 1.62. The van der Waals surface area contributed by atoms with Crippen molar-refractivity contribution in [2.75, 3.05) is 12.8 Å². The fraction of sp³-hybridized carbons (Fsp3) is 0.238. The number of benzene rings is 2. The van der Waals surface area contributed by atoms with Crippen molar-refractivity contribution in [3.8, 4) is 16.9 Å². The van der Waals surface area contributed by atoms with Gasteiger partial charge >= 0.3 is 0 Å². The first-order valence-electron chi connectivity index (χ1n) is 8.94. The number of aromatic nitrogens is 1. The first kappa shape index (κ1) is 16.4. The molecule has 0 bridgehead atoms. The molecule has 2 heterocycles. The van der Waals surface area contributed by atoms with Crippen LogP contribution in [0, 0.1) is 0 Å². The lowest BCUT2D eigenvalue weighted by molar-refractivity contribution is 0.0767. The molecule has 0 atom stereocenters. The number of ether oxygens (including phenoxy) is 1. The highest BCUT2D eigenvalue weighted by atomic mass is 35.5. The van der Waals surface area contributed by atoms with E-state index in [0.717, 1.165) is 46.3 Å². The molecule has 2 aliphatic rings. The normalized spacial score (nSPS) is 16.1. The number of carbonyl (C=O) groups is 1. The van der Waals surface area contributed by atoms with Crippen molar-refractivity contribution in [3.63, 3.8) is 0 Å². The Bertz CT molecular complexity index is 1110. The van der Waals surface area contributed by atoms with Crippen LogP contribution in [-0.2, 0) is 6.54 Å². The van der Waals surface area contributed by atoms with Crippen LogP contribution in [0.4, 0.5) is 5.69 Å². The molecule has 2 aromatic carbocycles. The summed E-state index contributed by atoms with van der Waals surface area (Å²) in [5, 5.41) is 1.39. The minimum Gasteiger partial charge on any atom is -0.497 e. The van der Waals surface area contributed by atoms with Crippen molar-refractivity contribution in [2.24, 2.45) is 0 Å². The van der Waals surface area contributed by atoms with Crippen LogP contribution in [0.2, 0.25) is 5.02 Å². The van der Waals surface area contributed by atoms with Gasteiger partial charge in [0.1, 0.15) is 5.75 Å². The molecule has 27 heavy (non-hydrogen) atoms. The maximum absolute atomic E-state index is 12.8. The number of nitrogen functional groups attached to an aromatic ring is 1. The Morgan fingerprint density at radius 2 is 2.04 bits per heavy atom. The summed E-state index contributed by atoms with van der Waals surface area (Å²) in [6.07, 6.45) is 2.12. The predicted molar refractivity (Wildman–Crippen MR) is 106 cm³/mol. The van der Waals surface area contributed by atoms with Gasteiger partial charge in [-0.25, -0.2) is 4.98 Å². The van der Waals surface area contributed by atoms with Gasteiger partial charge in [-0.1, -0.05) is 29.8 Å². The zero-order valence-corrected chi connectivity index (χ0v) is 15.6. The molecule has 6 heteroatoms. The molecule has 5 nitrogen and oxygen atoms in total. The van der Waals surface area contributed by atoms with Gasteiger partial charge in [-0.05, 0) is 31.0 Å². The summed E-state index contributed by atoms with van der Waals surface area (Å²) in [4.78, 5) is 19.6. The maximum atomic E-state index is 12.8. The van der Waals surface area contributed by atoms with Crippen molar-refractivity contribution in [1.29, 1.82) is 0 Å². The third kappa shape index (κ3) is 2.46. The molecular formula is C21H18ClN3O2. The van der Waals surface area contributed by atoms with Gasteiger partial charge in [0.05, 0.1) is 36.1 Å². The molecule has 2 N–H and O–H groups in total. The van der Waals surface area contributed by atoms with E-state index in [0.29, 0.717) is 28.9 Å². The van der Waals surface area contributed by atoms with E-state index < -0.39 is 0 Å². The van der Waals surface area contributed by atoms with Gasteiger partial charge in [-0.15, -0.1) is 0 Å². The number of methoxy groups -OCH3 is 1. The second-order valence-electron chi connectivity index (χ2n) is 7.06. The molecular weight excluding hydrogens is 362 g/mol. The molecule has 1 saturated carbocycles. The molecule has 1 aliphatic heterocycles. The van der Waals surface area contributed by atoms with Crippen molar-refractivity contribution < 1.29 is 9.53 Å². The fourth-order valence-corrected chi connectivity index (χ4v) is 4.05. The molecule has 1 aromatic heterocycles. The molecule has 1 fully saturated rings. The van der Waals surface area contributed by atoms with Gasteiger partial charge in [0, 0.05) is 27.6 Å². The lowest BCUT2D eigenvalue weighted by Gasteiger charge is -2.13. The summed E-state index contributed by atoms with van der Waals surface area (Å²) >= 11 is 6.46. The first-order chi connectivity index (χ1) is 13.1. The van der Waals surface area contributed by atoms with Crippen LogP contribution in [0.3, 0.4) is 0 Å². The predicted octanol–water partition coefficient (Wildman–Crippen LogP) is 4.26. The van der Waals surface area contributed by atoms with Crippen LogP contribution in [-0.4, -0.2) is 28.9 Å². The van der Waals surface area contributed by atoms with Gasteiger partial charge in [0.15, 0.2) is 0 Å². The Hall–Kier alpha value is -2.79. The number of nitrogens with two attached hydrogens (primary N) is 1. The Kier molecular flexibility index (Phi) is 3.56. The van der Waals surface area contributed by atoms with E-state index in [2.05, 4.69) is 0 Å². The molecule has 0 saturated heterocycles. The Balaban J connectivity index is 1.74. The van der Waals surface area contributed by atoms with E-state index in [1.165, 1.54) is 0 Å². The number of nitrogens with zero attached hydrogens (tertiary/aromatic N) is 2. The number of pyridine rings is 1. The van der Waals surface area contributed by atoms with Crippen molar-refractivity contribution in [1.82, 2.24) is 9.88 Å². The number of para-hydroxylation sites is 1. The van der Waals surface area contributed by atoms with Gasteiger partial charge in [-0.2, -0.15) is 0 Å². The van der Waals surface area contributed by atoms with Crippen LogP contribution in [0.15, 0.2) is 36.4 Å². The third-order valence-electron chi connectivity index (χ3n) is 5.38. The molecule has 136 valence electrons. The van der Waals surface area contributed by atoms with Gasteiger partial charge in [0.25, 0.3) is 5.91 Å². The lowest BCUT2D eigenvalue weighted by atomic mass is 9.99. The first-order valence-corrected chi connectivity index (χ1v) is 9.32. The largest absolute Gasteiger partial charge is 0.497 e. The number of hydrogen-bond donors (Lipinski definition) is 1. The van der Waals surface area contributed by atoms with Crippen LogP contribution < -0.4 is 10.5 Å². The molecule has 5 rings (SSSR count). The van der Waals surface area contributed by atoms with Crippen LogP contribution in [0.1, 0.15) is 28.9 Å². The second-order valence-corrected chi connectivity index (χ2v) is 7.47. The van der Waals surface area contributed by atoms with E-state index in [1.54, 1.807) is 7.11 Å². The van der Waals surface area contributed by atoms with E-state index >= 15 is 0 Å². The van der Waals surface area contributed by atoms with Crippen LogP contribution in [0.25, 0.3) is 22.0 Å². The summed E-state index contributed by atoms with van der Waals surface area (Å²) in [6.45, 7) is 0.527. The van der Waals surface area contributed by atoms with E-state index in [-0.39, 0.29) is 5.91 Å². The Morgan fingerprint density at radius 1 is 1.22 bits per heavy atom. The van der Waals surface area contributed by atoms with Gasteiger partial charge in [0.2, 0.25) is 0 Å². The highest BCUT2D eigenvalue weighted by Crippen LogP contribution is 2.41. The third-order valence-corrected chi connectivity index (χ3v) is 5.71. The standard InChI is InChI=1S/C21H18ClN3O2/c1-27-12-7-8-16(22)15(9-12)13-3-2-4-14-19(23)18-17(24-20(13)14)10-25(21(18)26)11-5-6-11/h2-4,7-9,11H,5-6,10H2,1H3,(H2,23,24). The van der Waals surface area contributed by atoms with Gasteiger partial charge < -0.3 is 15.4 Å². The minimum absolute atomic E-state index is 0.00390. The molecule has 1 aliphatic carbocycles. The number of carbonyl (C=O) groups excluding carboxylic acids is 1. The average molecular weight is 380 g/mol. The number of amides is 1. The van der Waals surface area contributed by atoms with Crippen molar-refractivity contribution in [3.05, 3.63) is 52.7 Å². The summed E-state index contributed by atoms with van der Waals surface area (Å²) in [5.41, 5.74) is 10.7. The zero-order chi connectivity index (χ0) is 18.7. The second kappa shape index (κ2) is 5.86. The number of anilines is 1. The zero-order valence-electron chi connectivity index (χ0n) is 14.8. The van der Waals surface area contributed by atoms with E-state index in [1.807, 2.05) is 41.3 Å². The molecule has 0 spiro atoms. The Labute approximate surface area is 161 Å². The summed E-state index contributed by atoms with van der Waals surface area (Å²) < 4.78 is 5.35. The number of rotatable bonds is 3. The fourth-order valence-electron chi connectivity index (χ4n) is 3.83. The molecule has 1 amide bonds. The minimum atomic E-state index is 0.00390. The molecule has 3 aromatic rings. The summed E-state index contributed by atoms with van der Waals surface area (Å²) in [5.74, 6) is 0.722. The number of hydrogen-bond acceptors (Lipinski definition) is 4. The molecule has 0 radical (unpaired) electrons. The van der Waals surface area contributed by atoms with Gasteiger partial charge in [-0.3, -0.25) is 4.79 Å². The Morgan fingerprint density at radius 3 is 2.78 bits per heavy atom. The van der Waals surface area contributed by atoms with Crippen LogP contribution in [0.5, 0.6) is 5.75 Å². The highest BCUT2D eigenvalue weighted by Gasteiger charge is 2.40.